The number of rotatable bonds is 40. The van der Waals surface area contributed by atoms with Crippen molar-refractivity contribution < 1.29 is 9.90 Å². The molecule has 0 aromatic rings. The molecule has 0 heterocycles. The van der Waals surface area contributed by atoms with Crippen molar-refractivity contribution in [2.45, 2.75) is 183 Å². The van der Waals surface area contributed by atoms with Gasteiger partial charge in [0.15, 0.2) is 0 Å². The summed E-state index contributed by atoms with van der Waals surface area (Å²) in [5.74, 6) is 8.63. The van der Waals surface area contributed by atoms with Crippen LogP contribution in [0.3, 0.4) is 0 Å². The fourth-order valence-electron chi connectivity index (χ4n) is 9.97. The van der Waals surface area contributed by atoms with Crippen LogP contribution in [0.25, 0.3) is 0 Å². The summed E-state index contributed by atoms with van der Waals surface area (Å²) < 4.78 is 0. The van der Waals surface area contributed by atoms with Gasteiger partial charge in [0.2, 0.25) is 5.91 Å². The van der Waals surface area contributed by atoms with Gasteiger partial charge >= 0.3 is 0 Å². The van der Waals surface area contributed by atoms with Crippen molar-refractivity contribution in [3.8, 4) is 0 Å². The third-order valence-corrected chi connectivity index (χ3v) is 20.7. The largest absolute Gasteiger partial charge is 0.378 e. The van der Waals surface area contributed by atoms with E-state index in [-0.39, 0.29) is 12.1 Å². The lowest BCUT2D eigenvalue weighted by molar-refractivity contribution is -0.126. The number of carbonyl (C=O) groups is 1. The van der Waals surface area contributed by atoms with Gasteiger partial charge in [-0.05, 0) is 170 Å². The van der Waals surface area contributed by atoms with Gasteiger partial charge in [-0.2, -0.15) is 47.0 Å². The lowest BCUT2D eigenvalue weighted by Crippen LogP contribution is -2.41. The molecule has 9 unspecified atom stereocenters. The molecule has 3 N–H and O–H groups in total. The lowest BCUT2D eigenvalue weighted by atomic mass is 9.78. The van der Waals surface area contributed by atoms with E-state index in [2.05, 4.69) is 161 Å². The van der Waals surface area contributed by atoms with Crippen molar-refractivity contribution >= 4 is 53.0 Å². The summed E-state index contributed by atoms with van der Waals surface area (Å²) in [4.78, 5) is 22.6. The van der Waals surface area contributed by atoms with Crippen LogP contribution in [0.5, 0.6) is 0 Å². The zero-order valence-corrected chi connectivity index (χ0v) is 48.6. The normalized spacial score (nSPS) is 23.2. The molecule has 2 fully saturated rings. The summed E-state index contributed by atoms with van der Waals surface area (Å²) >= 11 is 8.69. The number of unbranched alkanes of at least 4 members (excludes halogenated alkanes) is 9. The predicted molar refractivity (Wildman–Crippen MR) is 302 cm³/mol. The molecule has 2 rings (SSSR count). The van der Waals surface area contributed by atoms with E-state index >= 15 is 0 Å². The van der Waals surface area contributed by atoms with E-state index in [4.69, 9.17) is 0 Å². The zero-order valence-electron chi connectivity index (χ0n) is 45.3. The molecule has 0 bridgehead atoms. The Morgan fingerprint density at radius 1 is 0.545 bits per heavy atom. The molecule has 9 atom stereocenters. The van der Waals surface area contributed by atoms with E-state index in [0.29, 0.717) is 28.2 Å². The molecular formula is C54H110N6O2S4. The maximum atomic E-state index is 13.4. The molecule has 0 saturated heterocycles. The molecular weight excluding hydrogens is 893 g/mol. The van der Waals surface area contributed by atoms with Crippen LogP contribution in [0.4, 0.5) is 0 Å². The Morgan fingerprint density at radius 3 is 1.41 bits per heavy atom. The fraction of sp³-hybridized carbons (Fsp3) is 0.981. The minimum atomic E-state index is -0.365. The summed E-state index contributed by atoms with van der Waals surface area (Å²) in [5, 5.41) is 20.9. The molecule has 0 aromatic heterocycles. The van der Waals surface area contributed by atoms with Crippen LogP contribution in [-0.2, 0) is 4.79 Å². The van der Waals surface area contributed by atoms with Crippen molar-refractivity contribution in [1.82, 2.24) is 30.2 Å². The van der Waals surface area contributed by atoms with Crippen molar-refractivity contribution in [3.05, 3.63) is 0 Å². The van der Waals surface area contributed by atoms with Gasteiger partial charge in [0, 0.05) is 82.7 Å². The van der Waals surface area contributed by atoms with Gasteiger partial charge in [0.25, 0.3) is 0 Å². The van der Waals surface area contributed by atoms with Crippen LogP contribution in [-0.4, -0.2) is 177 Å². The Hall–Kier alpha value is 0.630. The highest BCUT2D eigenvalue weighted by molar-refractivity contribution is 8.00. The summed E-state index contributed by atoms with van der Waals surface area (Å²) in [5.41, 5.74) is 0. The van der Waals surface area contributed by atoms with E-state index < -0.39 is 0 Å². The van der Waals surface area contributed by atoms with Crippen molar-refractivity contribution in [2.75, 3.05) is 119 Å². The number of aliphatic hydroxyl groups is 1. The second-order valence-electron chi connectivity index (χ2n) is 22.3. The first kappa shape index (κ1) is 62.7. The van der Waals surface area contributed by atoms with Gasteiger partial charge in [-0.25, -0.2) is 0 Å². The molecule has 0 spiro atoms. The number of hydrogen-bond donors (Lipinski definition) is 3. The van der Waals surface area contributed by atoms with Crippen LogP contribution in [0.2, 0.25) is 0 Å². The first-order chi connectivity index (χ1) is 31.6. The number of nitrogens with zero attached hydrogens (tertiary/aromatic N) is 4. The molecule has 0 aliphatic heterocycles. The predicted octanol–water partition coefficient (Wildman–Crippen LogP) is 11.3. The Bertz CT molecular complexity index is 1170. The first-order valence-electron chi connectivity index (χ1n) is 27.3. The van der Waals surface area contributed by atoms with Gasteiger partial charge in [-0.3, -0.25) is 10.1 Å². The second kappa shape index (κ2) is 38.3. The Kier molecular flexibility index (Phi) is 36.4. The molecule has 2 aliphatic rings. The first-order valence-corrected chi connectivity index (χ1v) is 31.5. The molecule has 1 amide bonds. The number of amides is 1. The van der Waals surface area contributed by atoms with Gasteiger partial charge in [-0.1, -0.05) is 79.1 Å². The Labute approximate surface area is 428 Å². The third kappa shape index (κ3) is 29.8. The van der Waals surface area contributed by atoms with Gasteiger partial charge in [-0.15, -0.1) is 0 Å². The van der Waals surface area contributed by atoms with Gasteiger partial charge in [0.05, 0.1) is 0 Å². The number of carbonyl (C=O) groups excluding carboxylic acids is 1. The quantitative estimate of drug-likeness (QED) is 0.0406. The fourth-order valence-corrected chi connectivity index (χ4v) is 16.3. The molecule has 12 heteroatoms. The van der Waals surface area contributed by atoms with Gasteiger partial charge in [0.1, 0.15) is 6.23 Å². The molecule has 66 heavy (non-hydrogen) atoms. The maximum Gasteiger partial charge on any atom is 0.223 e. The summed E-state index contributed by atoms with van der Waals surface area (Å²) in [6.45, 7) is 15.9. The number of aliphatic hydroxyl groups excluding tert-OH is 1. The highest BCUT2D eigenvalue weighted by atomic mass is 32.2. The Morgan fingerprint density at radius 2 is 0.955 bits per heavy atom. The topological polar surface area (TPSA) is 74.3 Å². The number of thioether (sulfide) groups is 4. The van der Waals surface area contributed by atoms with Gasteiger partial charge < -0.3 is 30.0 Å². The molecule has 0 aromatic carbocycles. The second-order valence-corrected chi connectivity index (χ2v) is 27.7. The molecule has 8 nitrogen and oxygen atoms in total. The SMILES string of the molecule is CC(C)C(CCC1CCC(C(=O)NCCCCCCCCCCCCNC(O)C2CCC(CCC(SCCN(C)C)C(C)C)C(SCCN(C)C)C2)CC1SCCN(C)C)SCCN(C)C. The smallest absolute Gasteiger partial charge is 0.223 e. The van der Waals surface area contributed by atoms with E-state index in [1.54, 1.807) is 0 Å². The van der Waals surface area contributed by atoms with Crippen molar-refractivity contribution in [1.29, 1.82) is 0 Å². The molecule has 2 aliphatic carbocycles. The maximum absolute atomic E-state index is 13.4. The van der Waals surface area contributed by atoms with E-state index in [1.165, 1.54) is 107 Å². The average Bonchev–Trinajstić information content (AvgIpc) is 3.25. The van der Waals surface area contributed by atoms with Crippen LogP contribution in [0.1, 0.15) is 156 Å². The Balaban J connectivity index is 1.58. The lowest BCUT2D eigenvalue weighted by Gasteiger charge is -2.39. The van der Waals surface area contributed by atoms with Crippen LogP contribution in [0.15, 0.2) is 0 Å². The molecule has 0 radical (unpaired) electrons. The molecule has 2 saturated carbocycles. The average molecular weight is 1000 g/mol. The van der Waals surface area contributed by atoms with E-state index in [0.717, 1.165) is 112 Å². The zero-order chi connectivity index (χ0) is 48.7. The third-order valence-electron chi connectivity index (χ3n) is 14.6. The van der Waals surface area contributed by atoms with Crippen molar-refractivity contribution in [2.24, 2.45) is 35.5 Å². The summed E-state index contributed by atoms with van der Waals surface area (Å²) in [6, 6.07) is 0. The summed E-state index contributed by atoms with van der Waals surface area (Å²) in [7, 11) is 17.4. The van der Waals surface area contributed by atoms with E-state index in [1.807, 2.05) is 0 Å². The minimum Gasteiger partial charge on any atom is -0.378 e. The van der Waals surface area contributed by atoms with E-state index in [9.17, 15) is 9.90 Å². The standard InChI is InChI=1S/C54H110N6O2S4/c1-43(2)49(63-37-33-57(5)6)29-27-45-23-25-47(41-51(45)65-39-35-59(9)10)53(61)55-31-21-19-17-15-13-14-16-18-20-22-32-56-54(62)48-26-24-46(52(42-48)66-40-36-60(11)12)28-30-50(44(3)4)64-38-34-58(7)8/h43-53,55,61H,13-42H2,1-12H3,(H,56,62). The highest BCUT2D eigenvalue weighted by Gasteiger charge is 2.36. The van der Waals surface area contributed by atoms with Crippen LogP contribution >= 0.6 is 47.0 Å². The van der Waals surface area contributed by atoms with Crippen molar-refractivity contribution in [3.63, 3.8) is 0 Å². The van der Waals surface area contributed by atoms with Crippen LogP contribution in [0, 0.1) is 35.5 Å². The summed E-state index contributed by atoms with van der Waals surface area (Å²) in [6.07, 6.45) is 24.5. The number of hydrogen-bond acceptors (Lipinski definition) is 11. The monoisotopic (exact) mass is 1000 g/mol. The minimum absolute atomic E-state index is 0.190. The van der Waals surface area contributed by atoms with Crippen LogP contribution < -0.4 is 10.6 Å². The molecule has 392 valence electrons. The number of nitrogens with one attached hydrogen (secondary N) is 2. The highest BCUT2D eigenvalue weighted by Crippen LogP contribution is 2.42.